The van der Waals surface area contributed by atoms with Crippen LogP contribution < -0.4 is 0 Å². The Bertz CT molecular complexity index is 488. The fourth-order valence-corrected chi connectivity index (χ4v) is 2.55. The van der Waals surface area contributed by atoms with E-state index < -0.39 is 10.7 Å². The third-order valence-electron chi connectivity index (χ3n) is 2.12. The van der Waals surface area contributed by atoms with Crippen LogP contribution in [0.5, 0.6) is 0 Å². The van der Waals surface area contributed by atoms with Crippen LogP contribution in [0.2, 0.25) is 0 Å². The molecule has 78 valence electrons. The Labute approximate surface area is 94.2 Å². The van der Waals surface area contributed by atoms with E-state index in [1.165, 1.54) is 5.56 Å². The lowest BCUT2D eigenvalue weighted by Crippen LogP contribution is -1.85. The van der Waals surface area contributed by atoms with Gasteiger partial charge in [0.05, 0.1) is 5.75 Å². The molecule has 2 aromatic rings. The van der Waals surface area contributed by atoms with Crippen LogP contribution in [-0.2, 0) is 16.5 Å². The van der Waals surface area contributed by atoms with Crippen molar-refractivity contribution < 1.29 is 8.42 Å². The summed E-state index contributed by atoms with van der Waals surface area (Å²) in [5.74, 6) is 0.124. The average molecular weight is 238 g/mol. The Morgan fingerprint density at radius 2 is 1.73 bits per heavy atom. The van der Waals surface area contributed by atoms with Crippen LogP contribution in [-0.4, -0.2) is 8.42 Å². The molecule has 0 bridgehead atoms. The zero-order valence-corrected chi connectivity index (χ0v) is 9.63. The van der Waals surface area contributed by atoms with E-state index in [1.807, 2.05) is 35.7 Å². The summed E-state index contributed by atoms with van der Waals surface area (Å²) < 4.78 is 21.0. The zero-order chi connectivity index (χ0) is 10.7. The SMILES string of the molecule is O=[SH](=O)Cc1ccc(-c2ccsc2)cc1. The average Bonchev–Trinajstić information content (AvgIpc) is 2.71. The van der Waals surface area contributed by atoms with Crippen molar-refractivity contribution in [3.63, 3.8) is 0 Å². The highest BCUT2D eigenvalue weighted by Crippen LogP contribution is 2.22. The van der Waals surface area contributed by atoms with Crippen LogP contribution in [0.25, 0.3) is 11.1 Å². The van der Waals surface area contributed by atoms with Gasteiger partial charge in [-0.05, 0) is 33.5 Å². The normalized spacial score (nSPS) is 10.7. The van der Waals surface area contributed by atoms with Crippen molar-refractivity contribution in [2.75, 3.05) is 0 Å². The molecule has 0 spiro atoms. The van der Waals surface area contributed by atoms with Crippen molar-refractivity contribution in [1.82, 2.24) is 0 Å². The summed E-state index contributed by atoms with van der Waals surface area (Å²) >= 11 is 1.65. The van der Waals surface area contributed by atoms with E-state index in [0.29, 0.717) is 0 Å². The summed E-state index contributed by atoms with van der Waals surface area (Å²) in [6.45, 7) is 0. The van der Waals surface area contributed by atoms with Gasteiger partial charge in [-0.25, -0.2) is 8.42 Å². The molecule has 0 saturated carbocycles. The van der Waals surface area contributed by atoms with Gasteiger partial charge >= 0.3 is 0 Å². The number of thiol groups is 1. The van der Waals surface area contributed by atoms with Gasteiger partial charge < -0.3 is 0 Å². The minimum absolute atomic E-state index is 0.124. The standard InChI is InChI=1S/C11H10O2S2/c12-15(13)8-9-1-3-10(4-2-9)11-5-6-14-7-11/h1-7,15H,8H2. The summed E-state index contributed by atoms with van der Waals surface area (Å²) in [5.41, 5.74) is 3.14. The second kappa shape index (κ2) is 4.59. The van der Waals surface area contributed by atoms with E-state index >= 15 is 0 Å². The van der Waals surface area contributed by atoms with Crippen LogP contribution in [0.4, 0.5) is 0 Å². The fourth-order valence-electron chi connectivity index (χ4n) is 1.38. The molecular weight excluding hydrogens is 228 g/mol. The van der Waals surface area contributed by atoms with Crippen LogP contribution >= 0.6 is 11.3 Å². The van der Waals surface area contributed by atoms with Crippen LogP contribution in [0.1, 0.15) is 5.56 Å². The molecular formula is C11H10O2S2. The molecule has 4 heteroatoms. The Morgan fingerprint density at radius 1 is 1.00 bits per heavy atom. The zero-order valence-electron chi connectivity index (χ0n) is 7.92. The monoisotopic (exact) mass is 238 g/mol. The predicted molar refractivity (Wildman–Crippen MR) is 63.8 cm³/mol. The van der Waals surface area contributed by atoms with E-state index in [1.54, 1.807) is 11.3 Å². The molecule has 0 amide bonds. The van der Waals surface area contributed by atoms with Gasteiger partial charge in [0.15, 0.2) is 0 Å². The largest absolute Gasteiger partial charge is 0.232 e. The molecule has 0 atom stereocenters. The van der Waals surface area contributed by atoms with Gasteiger partial charge in [-0.15, -0.1) is 0 Å². The van der Waals surface area contributed by atoms with Crippen molar-refractivity contribution in [3.8, 4) is 11.1 Å². The summed E-state index contributed by atoms with van der Waals surface area (Å²) in [6.07, 6.45) is 0. The van der Waals surface area contributed by atoms with Crippen molar-refractivity contribution in [2.45, 2.75) is 5.75 Å². The predicted octanol–water partition coefficient (Wildman–Crippen LogP) is 2.53. The lowest BCUT2D eigenvalue weighted by molar-refractivity contribution is 0.614. The molecule has 15 heavy (non-hydrogen) atoms. The maximum atomic E-state index is 10.5. The molecule has 2 nitrogen and oxygen atoms in total. The van der Waals surface area contributed by atoms with Gasteiger partial charge in [0.1, 0.15) is 10.7 Å². The molecule has 0 radical (unpaired) electrons. The summed E-state index contributed by atoms with van der Waals surface area (Å²) in [7, 11) is -2.33. The highest BCUT2D eigenvalue weighted by Gasteiger charge is 1.98. The number of hydrogen-bond donors (Lipinski definition) is 1. The number of benzene rings is 1. The topological polar surface area (TPSA) is 34.1 Å². The lowest BCUT2D eigenvalue weighted by atomic mass is 10.1. The maximum absolute atomic E-state index is 10.5. The van der Waals surface area contributed by atoms with Crippen molar-refractivity contribution in [3.05, 3.63) is 46.7 Å². The molecule has 0 aliphatic heterocycles. The maximum Gasteiger partial charge on any atom is 0.144 e. The van der Waals surface area contributed by atoms with E-state index in [-0.39, 0.29) is 5.75 Å². The van der Waals surface area contributed by atoms with Gasteiger partial charge in [0, 0.05) is 0 Å². The smallest absolute Gasteiger partial charge is 0.144 e. The second-order valence-electron chi connectivity index (χ2n) is 3.20. The Hall–Kier alpha value is -1.13. The number of rotatable bonds is 3. The van der Waals surface area contributed by atoms with Gasteiger partial charge in [-0.1, -0.05) is 24.3 Å². The van der Waals surface area contributed by atoms with E-state index in [9.17, 15) is 8.42 Å². The highest BCUT2D eigenvalue weighted by molar-refractivity contribution is 7.71. The molecule has 1 aromatic heterocycles. The first-order chi connectivity index (χ1) is 7.25. The summed E-state index contributed by atoms with van der Waals surface area (Å²) in [5, 5.41) is 4.10. The van der Waals surface area contributed by atoms with Gasteiger partial charge in [-0.2, -0.15) is 11.3 Å². The van der Waals surface area contributed by atoms with Crippen molar-refractivity contribution in [2.24, 2.45) is 0 Å². The Morgan fingerprint density at radius 3 is 2.27 bits per heavy atom. The third kappa shape index (κ3) is 2.67. The molecule has 0 fully saturated rings. The molecule has 1 heterocycles. The molecule has 0 saturated heterocycles. The quantitative estimate of drug-likeness (QED) is 0.834. The highest BCUT2D eigenvalue weighted by atomic mass is 32.2. The number of thiophene rings is 1. The van der Waals surface area contributed by atoms with Crippen LogP contribution in [0, 0.1) is 0 Å². The minimum atomic E-state index is -2.33. The third-order valence-corrected chi connectivity index (χ3v) is 3.43. The Kier molecular flexibility index (Phi) is 3.18. The molecule has 0 aliphatic carbocycles. The molecule has 0 aliphatic rings. The van der Waals surface area contributed by atoms with E-state index in [2.05, 4.69) is 5.38 Å². The minimum Gasteiger partial charge on any atom is -0.232 e. The van der Waals surface area contributed by atoms with Crippen molar-refractivity contribution in [1.29, 1.82) is 0 Å². The van der Waals surface area contributed by atoms with Crippen molar-refractivity contribution >= 4 is 22.0 Å². The van der Waals surface area contributed by atoms with Gasteiger partial charge in [0.25, 0.3) is 0 Å². The van der Waals surface area contributed by atoms with Crippen LogP contribution in [0.3, 0.4) is 0 Å². The molecule has 2 rings (SSSR count). The van der Waals surface area contributed by atoms with Gasteiger partial charge in [0.2, 0.25) is 0 Å². The van der Waals surface area contributed by atoms with Gasteiger partial charge in [-0.3, -0.25) is 0 Å². The summed E-state index contributed by atoms with van der Waals surface area (Å²) in [4.78, 5) is 0. The fraction of sp³-hybridized carbons (Fsp3) is 0.0909. The first-order valence-electron chi connectivity index (χ1n) is 4.49. The van der Waals surface area contributed by atoms with Crippen LogP contribution in [0.15, 0.2) is 41.1 Å². The molecule has 0 unspecified atom stereocenters. The second-order valence-corrected chi connectivity index (χ2v) is 4.96. The first kappa shape index (κ1) is 10.4. The molecule has 0 N–H and O–H groups in total. The Balaban J connectivity index is 2.24. The molecule has 1 aromatic carbocycles. The number of hydrogen-bond acceptors (Lipinski definition) is 3. The summed E-state index contributed by atoms with van der Waals surface area (Å²) in [6, 6.07) is 9.68. The van der Waals surface area contributed by atoms with E-state index in [0.717, 1.165) is 11.1 Å². The lowest BCUT2D eigenvalue weighted by Gasteiger charge is -1.99. The first-order valence-corrected chi connectivity index (χ1v) is 6.79. The van der Waals surface area contributed by atoms with E-state index in [4.69, 9.17) is 0 Å².